The Hall–Kier alpha value is -1.03. The zero-order chi connectivity index (χ0) is 14.3. The summed E-state index contributed by atoms with van der Waals surface area (Å²) in [7, 11) is 0. The molecule has 1 heterocycles. The van der Waals surface area contributed by atoms with Gasteiger partial charge in [-0.05, 0) is 19.8 Å². The van der Waals surface area contributed by atoms with Gasteiger partial charge in [-0.2, -0.15) is 0 Å². The molecule has 0 amide bonds. The van der Waals surface area contributed by atoms with Crippen molar-refractivity contribution in [2.75, 3.05) is 18.5 Å². The number of halogens is 1. The predicted octanol–water partition coefficient (Wildman–Crippen LogP) is 3.64. The van der Waals surface area contributed by atoms with Crippen molar-refractivity contribution in [1.29, 1.82) is 0 Å². The summed E-state index contributed by atoms with van der Waals surface area (Å²) < 4.78 is 5.45. The Morgan fingerprint density at radius 2 is 1.95 bits per heavy atom. The molecule has 5 heteroatoms. The van der Waals surface area contributed by atoms with Crippen molar-refractivity contribution < 1.29 is 4.74 Å². The maximum atomic E-state index is 6.41. The van der Waals surface area contributed by atoms with E-state index < -0.39 is 0 Å². The fourth-order valence-corrected chi connectivity index (χ4v) is 2.49. The van der Waals surface area contributed by atoms with Crippen molar-refractivity contribution in [3.63, 3.8) is 0 Å². The van der Waals surface area contributed by atoms with Crippen molar-refractivity contribution in [2.45, 2.75) is 45.9 Å². The molecular formula is C14H24ClN3O. The summed E-state index contributed by atoms with van der Waals surface area (Å²) in [5, 5.41) is 3.41. The molecule has 0 aromatic carbocycles. The lowest BCUT2D eigenvalue weighted by Crippen LogP contribution is -2.23. The Balaban J connectivity index is 2.65. The molecule has 0 aliphatic rings. The maximum Gasteiger partial charge on any atom is 0.221 e. The molecule has 0 saturated carbocycles. The summed E-state index contributed by atoms with van der Waals surface area (Å²) in [5.74, 6) is 1.96. The molecule has 1 aromatic heterocycles. The van der Waals surface area contributed by atoms with Gasteiger partial charge in [0.25, 0.3) is 0 Å². The van der Waals surface area contributed by atoms with E-state index in [0.717, 1.165) is 24.2 Å². The number of rotatable bonds is 8. The topological polar surface area (TPSA) is 47.0 Å². The van der Waals surface area contributed by atoms with E-state index in [2.05, 4.69) is 29.1 Å². The summed E-state index contributed by atoms with van der Waals surface area (Å²) in [6, 6.07) is 0. The van der Waals surface area contributed by atoms with Gasteiger partial charge in [0.2, 0.25) is 5.88 Å². The first-order valence-electron chi connectivity index (χ1n) is 6.96. The second-order valence-corrected chi connectivity index (χ2v) is 5.12. The van der Waals surface area contributed by atoms with Crippen LogP contribution in [0.4, 0.5) is 5.82 Å². The van der Waals surface area contributed by atoms with Gasteiger partial charge in [-0.3, -0.25) is 0 Å². The summed E-state index contributed by atoms with van der Waals surface area (Å²) >= 11 is 6.41. The smallest absolute Gasteiger partial charge is 0.221 e. The summed E-state index contributed by atoms with van der Waals surface area (Å²) in [6.07, 6.45) is 3.71. The van der Waals surface area contributed by atoms with Gasteiger partial charge in [0.05, 0.1) is 17.5 Å². The van der Waals surface area contributed by atoms with Crippen LogP contribution in [0.2, 0.25) is 0 Å². The maximum absolute atomic E-state index is 6.41. The van der Waals surface area contributed by atoms with Gasteiger partial charge in [0, 0.05) is 6.54 Å². The first-order chi connectivity index (χ1) is 9.13. The predicted molar refractivity (Wildman–Crippen MR) is 80.1 cm³/mol. The Morgan fingerprint density at radius 3 is 2.53 bits per heavy atom. The highest BCUT2D eigenvalue weighted by atomic mass is 35.5. The minimum Gasteiger partial charge on any atom is -0.478 e. The van der Waals surface area contributed by atoms with E-state index in [1.165, 1.54) is 6.33 Å². The average molecular weight is 286 g/mol. The molecule has 1 unspecified atom stereocenters. The van der Waals surface area contributed by atoms with Crippen LogP contribution in [-0.4, -0.2) is 28.5 Å². The zero-order valence-corrected chi connectivity index (χ0v) is 13.0. The first-order valence-corrected chi connectivity index (χ1v) is 7.39. The molecule has 0 spiro atoms. The minimum absolute atomic E-state index is 0.111. The number of nitrogens with zero attached hydrogens (tertiary/aromatic N) is 2. The highest BCUT2D eigenvalue weighted by Gasteiger charge is 2.16. The number of nitrogens with one attached hydrogen (secondary N) is 1. The van der Waals surface area contributed by atoms with E-state index in [0.29, 0.717) is 24.9 Å². The monoisotopic (exact) mass is 285 g/mol. The van der Waals surface area contributed by atoms with E-state index in [9.17, 15) is 0 Å². The molecule has 1 rings (SSSR count). The molecule has 1 N–H and O–H groups in total. The largest absolute Gasteiger partial charge is 0.478 e. The quantitative estimate of drug-likeness (QED) is 0.741. The third-order valence-electron chi connectivity index (χ3n) is 3.34. The molecule has 0 radical (unpaired) electrons. The number of aromatic nitrogens is 2. The third-order valence-corrected chi connectivity index (χ3v) is 3.85. The Kier molecular flexibility index (Phi) is 6.92. The van der Waals surface area contributed by atoms with Crippen LogP contribution in [0.3, 0.4) is 0 Å². The number of alkyl halides is 1. The van der Waals surface area contributed by atoms with Gasteiger partial charge in [-0.25, -0.2) is 9.97 Å². The fraction of sp³-hybridized carbons (Fsp3) is 0.714. The number of anilines is 1. The van der Waals surface area contributed by atoms with Gasteiger partial charge in [0.1, 0.15) is 12.1 Å². The fourth-order valence-electron chi connectivity index (χ4n) is 2.06. The lowest BCUT2D eigenvalue weighted by atomic mass is 9.99. The SMILES string of the molecule is CCOc1ncnc(NCC(Cl)C(CC)CC)c1C. The zero-order valence-electron chi connectivity index (χ0n) is 12.2. The van der Waals surface area contributed by atoms with E-state index >= 15 is 0 Å². The summed E-state index contributed by atoms with van der Waals surface area (Å²) in [6.45, 7) is 9.55. The minimum atomic E-state index is 0.111. The van der Waals surface area contributed by atoms with E-state index in [1.807, 2.05) is 13.8 Å². The first kappa shape index (κ1) is 16.0. The third kappa shape index (κ3) is 4.53. The van der Waals surface area contributed by atoms with Crippen molar-refractivity contribution in [1.82, 2.24) is 9.97 Å². The molecule has 0 fully saturated rings. The number of hydrogen-bond donors (Lipinski definition) is 1. The van der Waals surface area contributed by atoms with E-state index in [1.54, 1.807) is 0 Å². The van der Waals surface area contributed by atoms with Crippen LogP contribution in [0, 0.1) is 12.8 Å². The second kappa shape index (κ2) is 8.20. The average Bonchev–Trinajstić information content (AvgIpc) is 2.41. The highest BCUT2D eigenvalue weighted by Crippen LogP contribution is 2.22. The molecule has 1 atom stereocenters. The van der Waals surface area contributed by atoms with Crippen LogP contribution in [0.1, 0.15) is 39.2 Å². The Labute approximate surface area is 120 Å². The molecule has 4 nitrogen and oxygen atoms in total. The Bertz CT molecular complexity index is 383. The Morgan fingerprint density at radius 1 is 1.26 bits per heavy atom. The van der Waals surface area contributed by atoms with Crippen LogP contribution in [0.15, 0.2) is 6.33 Å². The van der Waals surface area contributed by atoms with Gasteiger partial charge in [-0.15, -0.1) is 11.6 Å². The van der Waals surface area contributed by atoms with E-state index in [4.69, 9.17) is 16.3 Å². The highest BCUT2D eigenvalue weighted by molar-refractivity contribution is 6.21. The summed E-state index contributed by atoms with van der Waals surface area (Å²) in [5.41, 5.74) is 0.928. The molecule has 19 heavy (non-hydrogen) atoms. The van der Waals surface area contributed by atoms with Gasteiger partial charge < -0.3 is 10.1 Å². The van der Waals surface area contributed by atoms with Crippen LogP contribution in [-0.2, 0) is 0 Å². The molecule has 0 aliphatic carbocycles. The lowest BCUT2D eigenvalue weighted by Gasteiger charge is -2.20. The van der Waals surface area contributed by atoms with Gasteiger partial charge >= 0.3 is 0 Å². The normalized spacial score (nSPS) is 12.5. The molecule has 1 aromatic rings. The van der Waals surface area contributed by atoms with Crippen molar-refractivity contribution in [2.24, 2.45) is 5.92 Å². The summed E-state index contributed by atoms with van der Waals surface area (Å²) in [4.78, 5) is 8.36. The second-order valence-electron chi connectivity index (χ2n) is 4.56. The molecule has 108 valence electrons. The van der Waals surface area contributed by atoms with Gasteiger partial charge in [-0.1, -0.05) is 26.7 Å². The standard InChI is InChI=1S/C14H24ClN3O/c1-5-11(6-2)12(15)8-16-13-10(4)14(19-7-3)18-9-17-13/h9,11-12H,5-8H2,1-4H3,(H,16,17,18). The number of hydrogen-bond acceptors (Lipinski definition) is 4. The molecular weight excluding hydrogens is 262 g/mol. The van der Waals surface area contributed by atoms with Crippen LogP contribution >= 0.6 is 11.6 Å². The van der Waals surface area contributed by atoms with Crippen molar-refractivity contribution in [3.05, 3.63) is 11.9 Å². The molecule has 0 bridgehead atoms. The van der Waals surface area contributed by atoms with E-state index in [-0.39, 0.29) is 5.38 Å². The van der Waals surface area contributed by atoms with Crippen LogP contribution in [0.5, 0.6) is 5.88 Å². The molecule has 0 aliphatic heterocycles. The lowest BCUT2D eigenvalue weighted by molar-refractivity contribution is 0.324. The van der Waals surface area contributed by atoms with Gasteiger partial charge in [0.15, 0.2) is 0 Å². The molecule has 0 saturated heterocycles. The van der Waals surface area contributed by atoms with Crippen LogP contribution in [0.25, 0.3) is 0 Å². The van der Waals surface area contributed by atoms with Crippen molar-refractivity contribution >= 4 is 17.4 Å². The van der Waals surface area contributed by atoms with Crippen molar-refractivity contribution in [3.8, 4) is 5.88 Å². The number of ether oxygens (including phenoxy) is 1. The van der Waals surface area contributed by atoms with Crippen LogP contribution < -0.4 is 10.1 Å².